The molecule has 4 aromatic rings. The van der Waals surface area contributed by atoms with Gasteiger partial charge in [0.25, 0.3) is 0 Å². The molecular weight excluding hydrogens is 512 g/mol. The molecule has 32 heavy (non-hydrogen) atoms. The molecule has 0 unspecified atom stereocenters. The first-order valence-corrected chi connectivity index (χ1v) is 10.8. The Balaban J connectivity index is 0.00000245. The van der Waals surface area contributed by atoms with Crippen LogP contribution >= 0.6 is 58.8 Å². The van der Waals surface area contributed by atoms with Crippen LogP contribution in [0.25, 0.3) is 34.3 Å². The lowest BCUT2D eigenvalue weighted by Crippen LogP contribution is -1.92. The van der Waals surface area contributed by atoms with Gasteiger partial charge in [0.15, 0.2) is 11.5 Å². The maximum atomic E-state index is 6.23. The summed E-state index contributed by atoms with van der Waals surface area (Å²) < 4.78 is 11.1. The van der Waals surface area contributed by atoms with Crippen LogP contribution in [0.4, 0.5) is 0 Å². The first-order valence-electron chi connectivity index (χ1n) is 9.31. The number of hydrogen-bond donors (Lipinski definition) is 0. The Hall–Kier alpha value is -2.14. The van der Waals surface area contributed by atoms with E-state index in [4.69, 9.17) is 60.9 Å². The van der Waals surface area contributed by atoms with E-state index in [2.05, 4.69) is 0 Å². The highest BCUT2D eigenvalue weighted by Crippen LogP contribution is 2.38. The van der Waals surface area contributed by atoms with Crippen molar-refractivity contribution < 1.29 is 9.47 Å². The highest BCUT2D eigenvalue weighted by Gasteiger charge is 2.17. The van der Waals surface area contributed by atoms with Gasteiger partial charge in [0, 0.05) is 17.0 Å². The van der Waals surface area contributed by atoms with Crippen LogP contribution in [-0.2, 0) is 0 Å². The van der Waals surface area contributed by atoms with E-state index >= 15 is 0 Å². The number of ether oxygens (including phenoxy) is 2. The molecule has 0 saturated heterocycles. The van der Waals surface area contributed by atoms with E-state index in [9.17, 15) is 0 Å². The van der Waals surface area contributed by atoms with Gasteiger partial charge in [-0.25, -0.2) is 4.98 Å². The van der Waals surface area contributed by atoms with Crippen molar-refractivity contribution in [3.8, 4) is 22.8 Å². The Labute approximate surface area is 210 Å². The number of pyridine rings is 1. The van der Waals surface area contributed by atoms with Crippen molar-refractivity contribution in [2.24, 2.45) is 0 Å². The Morgan fingerprint density at radius 1 is 0.719 bits per heavy atom. The number of fused-ring (bicyclic) bond motifs is 2. The fourth-order valence-corrected chi connectivity index (χ4v) is 3.99. The number of halogens is 5. The fraction of sp³-hybridized carbons (Fsp3) is 0.0417. The minimum Gasteiger partial charge on any atom is -0.454 e. The van der Waals surface area contributed by atoms with Crippen LogP contribution in [0.5, 0.6) is 11.5 Å². The lowest BCUT2D eigenvalue weighted by molar-refractivity contribution is 0.174. The van der Waals surface area contributed by atoms with Crippen LogP contribution in [0.3, 0.4) is 0 Å². The van der Waals surface area contributed by atoms with Crippen LogP contribution < -0.4 is 9.47 Å². The van der Waals surface area contributed by atoms with Gasteiger partial charge >= 0.3 is 0 Å². The van der Waals surface area contributed by atoms with Crippen LogP contribution in [0, 0.1) is 0 Å². The molecule has 0 radical (unpaired) electrons. The molecule has 0 bridgehead atoms. The van der Waals surface area contributed by atoms with E-state index in [1.807, 2.05) is 48.6 Å². The SMILES string of the molecule is Cl.Clc1ccc(/C=C/c2cc(-c3ccc(Cl)c(Cl)c3)nc3cc4c(cc23)OCO4)cc1Cl. The van der Waals surface area contributed by atoms with Crippen molar-refractivity contribution in [2.45, 2.75) is 0 Å². The lowest BCUT2D eigenvalue weighted by Gasteiger charge is -2.09. The number of hydrogen-bond acceptors (Lipinski definition) is 3. The van der Waals surface area contributed by atoms with Gasteiger partial charge in [-0.05, 0) is 47.5 Å². The average molecular weight is 526 g/mol. The van der Waals surface area contributed by atoms with Crippen molar-refractivity contribution in [3.63, 3.8) is 0 Å². The van der Waals surface area contributed by atoms with E-state index in [-0.39, 0.29) is 19.2 Å². The lowest BCUT2D eigenvalue weighted by atomic mass is 10.0. The summed E-state index contributed by atoms with van der Waals surface area (Å²) in [5, 5.41) is 2.92. The summed E-state index contributed by atoms with van der Waals surface area (Å²) in [4.78, 5) is 4.83. The minimum absolute atomic E-state index is 0. The molecule has 8 heteroatoms. The standard InChI is InChI=1S/C24H13Cl4NO2.ClH/c25-17-5-2-13(7-19(17)27)1-3-14-9-21(15-4-6-18(26)20(28)8-15)29-22-11-24-23(10-16(14)22)30-12-31-24;/h1-11H,12H2;1H/b3-1+;. The summed E-state index contributed by atoms with van der Waals surface area (Å²) in [5.74, 6) is 1.37. The number of benzene rings is 3. The van der Waals surface area contributed by atoms with Gasteiger partial charge in [-0.1, -0.05) is 70.7 Å². The Bertz CT molecular complexity index is 1370. The highest BCUT2D eigenvalue weighted by molar-refractivity contribution is 6.42. The van der Waals surface area contributed by atoms with E-state index in [0.717, 1.165) is 33.3 Å². The normalized spacial score (nSPS) is 12.4. The van der Waals surface area contributed by atoms with Crippen molar-refractivity contribution in [2.75, 3.05) is 6.79 Å². The van der Waals surface area contributed by atoms with Crippen LogP contribution in [0.1, 0.15) is 11.1 Å². The van der Waals surface area contributed by atoms with E-state index in [1.165, 1.54) is 0 Å². The maximum absolute atomic E-state index is 6.23. The van der Waals surface area contributed by atoms with Gasteiger partial charge in [-0.3, -0.25) is 0 Å². The number of rotatable bonds is 3. The molecule has 162 valence electrons. The average Bonchev–Trinajstić information content (AvgIpc) is 3.22. The summed E-state index contributed by atoms with van der Waals surface area (Å²) >= 11 is 24.5. The Kier molecular flexibility index (Phi) is 6.75. The zero-order valence-corrected chi connectivity index (χ0v) is 20.1. The van der Waals surface area contributed by atoms with E-state index < -0.39 is 0 Å². The summed E-state index contributed by atoms with van der Waals surface area (Å²) in [7, 11) is 0. The molecule has 0 spiro atoms. The van der Waals surface area contributed by atoms with Gasteiger partial charge in [-0.2, -0.15) is 0 Å². The summed E-state index contributed by atoms with van der Waals surface area (Å²) in [5.41, 5.74) is 4.28. The summed E-state index contributed by atoms with van der Waals surface area (Å²) in [6, 6.07) is 16.8. The zero-order chi connectivity index (χ0) is 21.5. The molecule has 0 saturated carbocycles. The molecule has 0 amide bonds. The van der Waals surface area contributed by atoms with Gasteiger partial charge < -0.3 is 9.47 Å². The molecular formula is C24H14Cl5NO2. The molecule has 1 aromatic heterocycles. The van der Waals surface area contributed by atoms with Crippen LogP contribution in [-0.4, -0.2) is 11.8 Å². The quantitative estimate of drug-likeness (QED) is 0.268. The fourth-order valence-electron chi connectivity index (χ4n) is 3.39. The largest absolute Gasteiger partial charge is 0.454 e. The molecule has 1 aliphatic heterocycles. The topological polar surface area (TPSA) is 31.4 Å². The summed E-state index contributed by atoms with van der Waals surface area (Å²) in [6.45, 7) is 0.194. The van der Waals surface area contributed by atoms with Crippen molar-refractivity contribution in [1.29, 1.82) is 0 Å². The van der Waals surface area contributed by atoms with Gasteiger partial charge in [0.1, 0.15) is 0 Å². The van der Waals surface area contributed by atoms with Gasteiger partial charge in [-0.15, -0.1) is 12.4 Å². The van der Waals surface area contributed by atoms with Crippen molar-refractivity contribution in [1.82, 2.24) is 4.98 Å². The molecule has 0 fully saturated rings. The second-order valence-corrected chi connectivity index (χ2v) is 8.58. The third-order valence-corrected chi connectivity index (χ3v) is 6.43. The molecule has 0 aliphatic carbocycles. The monoisotopic (exact) mass is 523 g/mol. The second-order valence-electron chi connectivity index (χ2n) is 6.96. The number of aromatic nitrogens is 1. The minimum atomic E-state index is 0. The molecule has 0 atom stereocenters. The first kappa shape index (κ1) is 23.0. The van der Waals surface area contributed by atoms with Crippen LogP contribution in [0.2, 0.25) is 20.1 Å². The van der Waals surface area contributed by atoms with E-state index in [1.54, 1.807) is 18.2 Å². The Morgan fingerprint density at radius 3 is 2.12 bits per heavy atom. The van der Waals surface area contributed by atoms with E-state index in [0.29, 0.717) is 31.6 Å². The van der Waals surface area contributed by atoms with Crippen molar-refractivity contribution in [3.05, 3.63) is 85.8 Å². The second kappa shape index (κ2) is 9.38. The zero-order valence-electron chi connectivity index (χ0n) is 16.2. The first-order chi connectivity index (χ1) is 15.0. The molecule has 3 aromatic carbocycles. The van der Waals surface area contributed by atoms with Gasteiger partial charge in [0.2, 0.25) is 6.79 Å². The van der Waals surface area contributed by atoms with Gasteiger partial charge in [0.05, 0.1) is 31.3 Å². The van der Waals surface area contributed by atoms with Crippen molar-refractivity contribution >= 4 is 81.9 Å². The molecule has 1 aliphatic rings. The third-order valence-electron chi connectivity index (χ3n) is 4.95. The molecule has 3 nitrogen and oxygen atoms in total. The predicted molar refractivity (Wildman–Crippen MR) is 136 cm³/mol. The summed E-state index contributed by atoms with van der Waals surface area (Å²) in [6.07, 6.45) is 3.98. The smallest absolute Gasteiger partial charge is 0.231 e. The maximum Gasteiger partial charge on any atom is 0.231 e. The Morgan fingerprint density at radius 2 is 1.41 bits per heavy atom. The molecule has 2 heterocycles. The van der Waals surface area contributed by atoms with Crippen LogP contribution in [0.15, 0.2) is 54.6 Å². The molecule has 5 rings (SSSR count). The predicted octanol–water partition coefficient (Wildman–Crippen LogP) is 8.84. The third kappa shape index (κ3) is 4.50. The number of nitrogens with zero attached hydrogens (tertiary/aromatic N) is 1. The highest BCUT2D eigenvalue weighted by atomic mass is 35.5. The molecule has 0 N–H and O–H groups in total.